The Labute approximate surface area is 175 Å². The minimum absolute atomic E-state index is 0.0551. The number of halogens is 1. The van der Waals surface area contributed by atoms with Gasteiger partial charge in [0.25, 0.3) is 5.91 Å². The standard InChI is InChI=1S/C22H17BrN2O4/c23-16-10-11-17(26)15(12-16)13-24-25-22(27)21-20(14-6-2-1-3-7-14)28-18-8-4-5-9-19(18)29-21/h1-13,20-21,26H,(H,25,27)/b24-13+. The second kappa shape index (κ2) is 8.36. The number of nitrogens with one attached hydrogen (secondary N) is 1. The van der Waals surface area contributed by atoms with E-state index in [2.05, 4.69) is 26.5 Å². The molecule has 0 radical (unpaired) electrons. The molecule has 2 atom stereocenters. The van der Waals surface area contributed by atoms with E-state index in [1.54, 1.807) is 24.3 Å². The zero-order valence-electron chi connectivity index (χ0n) is 15.2. The minimum Gasteiger partial charge on any atom is -0.507 e. The Balaban J connectivity index is 1.56. The van der Waals surface area contributed by atoms with E-state index in [1.165, 1.54) is 12.3 Å². The maximum absolute atomic E-state index is 12.8. The molecule has 6 nitrogen and oxygen atoms in total. The van der Waals surface area contributed by atoms with Crippen molar-refractivity contribution in [3.8, 4) is 17.2 Å². The Morgan fingerprint density at radius 3 is 2.45 bits per heavy atom. The highest BCUT2D eigenvalue weighted by Gasteiger charge is 2.38. The van der Waals surface area contributed by atoms with Crippen molar-refractivity contribution in [3.63, 3.8) is 0 Å². The second-order valence-electron chi connectivity index (χ2n) is 6.37. The van der Waals surface area contributed by atoms with E-state index in [1.807, 2.05) is 42.5 Å². The first-order valence-corrected chi connectivity index (χ1v) is 9.70. The number of phenols is 1. The summed E-state index contributed by atoms with van der Waals surface area (Å²) in [7, 11) is 0. The number of hydrogen-bond acceptors (Lipinski definition) is 5. The quantitative estimate of drug-likeness (QED) is 0.459. The number of benzene rings is 3. The van der Waals surface area contributed by atoms with Gasteiger partial charge in [-0.1, -0.05) is 58.4 Å². The molecule has 0 spiro atoms. The number of ether oxygens (including phenoxy) is 2. The van der Waals surface area contributed by atoms with E-state index in [-0.39, 0.29) is 5.75 Å². The monoisotopic (exact) mass is 452 g/mol. The third-order valence-electron chi connectivity index (χ3n) is 4.39. The van der Waals surface area contributed by atoms with Crippen LogP contribution in [0.15, 0.2) is 82.4 Å². The Morgan fingerprint density at radius 1 is 1.00 bits per heavy atom. The lowest BCUT2D eigenvalue weighted by molar-refractivity contribution is -0.134. The molecule has 29 heavy (non-hydrogen) atoms. The van der Waals surface area contributed by atoms with Crippen LogP contribution in [0.1, 0.15) is 17.2 Å². The van der Waals surface area contributed by atoms with Gasteiger partial charge in [0.2, 0.25) is 6.10 Å². The van der Waals surface area contributed by atoms with Crippen LogP contribution in [0.2, 0.25) is 0 Å². The number of nitrogens with zero attached hydrogens (tertiary/aromatic N) is 1. The van der Waals surface area contributed by atoms with Crippen molar-refractivity contribution in [2.24, 2.45) is 5.10 Å². The predicted octanol–water partition coefficient (Wildman–Crippen LogP) is 4.19. The number of carbonyl (C=O) groups is 1. The third-order valence-corrected chi connectivity index (χ3v) is 4.88. The summed E-state index contributed by atoms with van der Waals surface area (Å²) in [5, 5.41) is 13.8. The molecular weight excluding hydrogens is 436 g/mol. The van der Waals surface area contributed by atoms with Gasteiger partial charge in [0, 0.05) is 10.0 Å². The maximum atomic E-state index is 12.8. The molecule has 3 aromatic carbocycles. The zero-order valence-corrected chi connectivity index (χ0v) is 16.7. The smallest absolute Gasteiger partial charge is 0.285 e. The van der Waals surface area contributed by atoms with Crippen molar-refractivity contribution in [3.05, 3.63) is 88.4 Å². The fraction of sp³-hybridized carbons (Fsp3) is 0.0909. The molecule has 4 rings (SSSR count). The highest BCUT2D eigenvalue weighted by Crippen LogP contribution is 2.39. The van der Waals surface area contributed by atoms with Gasteiger partial charge in [-0.2, -0.15) is 5.10 Å². The van der Waals surface area contributed by atoms with Gasteiger partial charge in [0.15, 0.2) is 17.6 Å². The van der Waals surface area contributed by atoms with Gasteiger partial charge in [-0.3, -0.25) is 4.79 Å². The average Bonchev–Trinajstić information content (AvgIpc) is 2.75. The molecule has 1 aliphatic rings. The van der Waals surface area contributed by atoms with Gasteiger partial charge in [0.1, 0.15) is 5.75 Å². The Bertz CT molecular complexity index is 1060. The van der Waals surface area contributed by atoms with Crippen molar-refractivity contribution in [1.82, 2.24) is 5.43 Å². The minimum atomic E-state index is -0.930. The van der Waals surface area contributed by atoms with Gasteiger partial charge >= 0.3 is 0 Å². The molecule has 0 saturated carbocycles. The van der Waals surface area contributed by atoms with Crippen LogP contribution in [0, 0.1) is 0 Å². The first-order chi connectivity index (χ1) is 14.1. The van der Waals surface area contributed by atoms with E-state index in [4.69, 9.17) is 9.47 Å². The molecule has 1 amide bonds. The van der Waals surface area contributed by atoms with Crippen molar-refractivity contribution < 1.29 is 19.4 Å². The van der Waals surface area contributed by atoms with E-state index in [0.29, 0.717) is 17.1 Å². The summed E-state index contributed by atoms with van der Waals surface area (Å²) in [6, 6.07) is 21.6. The lowest BCUT2D eigenvalue weighted by Gasteiger charge is -2.32. The molecule has 0 bridgehead atoms. The number of para-hydroxylation sites is 2. The molecule has 0 aliphatic carbocycles. The molecule has 2 N–H and O–H groups in total. The molecule has 1 aliphatic heterocycles. The maximum Gasteiger partial charge on any atom is 0.285 e. The molecule has 3 aromatic rings. The first kappa shape index (κ1) is 19.0. The largest absolute Gasteiger partial charge is 0.507 e. The number of phenolic OH excluding ortho intramolecular Hbond substituents is 1. The van der Waals surface area contributed by atoms with Gasteiger partial charge in [-0.05, 0) is 35.9 Å². The Hall–Kier alpha value is -3.32. The van der Waals surface area contributed by atoms with Gasteiger partial charge in [-0.25, -0.2) is 5.43 Å². The lowest BCUT2D eigenvalue weighted by atomic mass is 10.0. The number of carbonyl (C=O) groups excluding carboxylic acids is 1. The van der Waals surface area contributed by atoms with Crippen molar-refractivity contribution in [2.45, 2.75) is 12.2 Å². The van der Waals surface area contributed by atoms with Gasteiger partial charge in [-0.15, -0.1) is 0 Å². The molecule has 1 heterocycles. The summed E-state index contributed by atoms with van der Waals surface area (Å²) in [5.41, 5.74) is 3.76. The summed E-state index contributed by atoms with van der Waals surface area (Å²) in [6.45, 7) is 0. The fourth-order valence-corrected chi connectivity index (χ4v) is 3.36. The normalized spacial score (nSPS) is 17.8. The molecule has 0 saturated heterocycles. The zero-order chi connectivity index (χ0) is 20.2. The van der Waals surface area contributed by atoms with Crippen molar-refractivity contribution in [1.29, 1.82) is 0 Å². The summed E-state index contributed by atoms with van der Waals surface area (Å²) >= 11 is 3.33. The van der Waals surface area contributed by atoms with E-state index >= 15 is 0 Å². The summed E-state index contributed by atoms with van der Waals surface area (Å²) in [6.07, 6.45) is -0.186. The first-order valence-electron chi connectivity index (χ1n) is 8.90. The van der Waals surface area contributed by atoms with Gasteiger partial charge in [0.05, 0.1) is 6.21 Å². The molecule has 0 fully saturated rings. The summed E-state index contributed by atoms with van der Waals surface area (Å²) < 4.78 is 12.8. The molecule has 7 heteroatoms. The number of amides is 1. The topological polar surface area (TPSA) is 80.2 Å². The van der Waals surface area contributed by atoms with Crippen LogP contribution in [0.3, 0.4) is 0 Å². The summed E-state index contributed by atoms with van der Waals surface area (Å²) in [4.78, 5) is 12.8. The highest BCUT2D eigenvalue weighted by atomic mass is 79.9. The van der Waals surface area contributed by atoms with E-state index in [0.717, 1.165) is 10.0 Å². The number of hydrazone groups is 1. The van der Waals surface area contributed by atoms with Crippen LogP contribution >= 0.6 is 15.9 Å². The van der Waals surface area contributed by atoms with Crippen molar-refractivity contribution >= 4 is 28.1 Å². The summed E-state index contributed by atoms with van der Waals surface area (Å²) in [5.74, 6) is 0.667. The van der Waals surface area contributed by atoms with Crippen LogP contribution in [-0.2, 0) is 4.79 Å². The Kier molecular flexibility index (Phi) is 5.48. The molecular formula is C22H17BrN2O4. The van der Waals surface area contributed by atoms with Crippen LogP contribution in [0.5, 0.6) is 17.2 Å². The number of fused-ring (bicyclic) bond motifs is 1. The Morgan fingerprint density at radius 2 is 1.69 bits per heavy atom. The van der Waals surface area contributed by atoms with Crippen LogP contribution in [0.25, 0.3) is 0 Å². The van der Waals surface area contributed by atoms with Crippen LogP contribution < -0.4 is 14.9 Å². The van der Waals surface area contributed by atoms with Crippen molar-refractivity contribution in [2.75, 3.05) is 0 Å². The number of rotatable bonds is 4. The van der Waals surface area contributed by atoms with Gasteiger partial charge < -0.3 is 14.6 Å². The third kappa shape index (κ3) is 4.25. The average molecular weight is 453 g/mol. The highest BCUT2D eigenvalue weighted by molar-refractivity contribution is 9.10. The lowest BCUT2D eigenvalue weighted by Crippen LogP contribution is -2.44. The predicted molar refractivity (Wildman–Crippen MR) is 112 cm³/mol. The SMILES string of the molecule is O=C(N/N=C/c1cc(Br)ccc1O)C1Oc2ccccc2OC1c1ccccc1. The molecule has 0 aromatic heterocycles. The fourth-order valence-electron chi connectivity index (χ4n) is 2.98. The molecule has 146 valence electrons. The number of aromatic hydroxyl groups is 1. The number of hydrogen-bond donors (Lipinski definition) is 2. The second-order valence-corrected chi connectivity index (χ2v) is 7.29. The molecule has 2 unspecified atom stereocenters. The van der Waals surface area contributed by atoms with E-state index in [9.17, 15) is 9.90 Å². The van der Waals surface area contributed by atoms with E-state index < -0.39 is 18.1 Å². The van der Waals surface area contributed by atoms with Crippen LogP contribution in [0.4, 0.5) is 0 Å². The van der Waals surface area contributed by atoms with Crippen LogP contribution in [-0.4, -0.2) is 23.3 Å².